The van der Waals surface area contributed by atoms with E-state index in [0.717, 1.165) is 32.4 Å². The molecular formula is C36H31BrN4O6. The third-order valence-electron chi connectivity index (χ3n) is 9.20. The Hall–Kier alpha value is -4.90. The number of benzene rings is 3. The monoisotopic (exact) mass is 694 g/mol. The molecule has 4 atom stereocenters. The number of esters is 1. The number of rotatable bonds is 6. The van der Waals surface area contributed by atoms with E-state index in [-0.39, 0.29) is 24.9 Å². The third-order valence-corrected chi connectivity index (χ3v) is 9.86. The molecule has 238 valence electrons. The molecule has 3 aromatic carbocycles. The van der Waals surface area contributed by atoms with Crippen LogP contribution in [0.5, 0.6) is 5.75 Å². The summed E-state index contributed by atoms with van der Waals surface area (Å²) in [7, 11) is 0. The molecule has 2 aromatic heterocycles. The molecule has 10 nitrogen and oxygen atoms in total. The van der Waals surface area contributed by atoms with Crippen LogP contribution >= 0.6 is 15.9 Å². The van der Waals surface area contributed by atoms with E-state index >= 15 is 0 Å². The van der Waals surface area contributed by atoms with E-state index in [1.54, 1.807) is 6.20 Å². The molecule has 3 aliphatic heterocycles. The van der Waals surface area contributed by atoms with Crippen LogP contribution < -0.4 is 15.4 Å². The molecule has 5 aromatic rings. The number of nitrogens with one attached hydrogen (secondary N) is 2. The molecule has 8 rings (SSSR count). The van der Waals surface area contributed by atoms with Crippen LogP contribution in [0.2, 0.25) is 0 Å². The van der Waals surface area contributed by atoms with Gasteiger partial charge in [-0.1, -0.05) is 68.4 Å². The molecule has 47 heavy (non-hydrogen) atoms. The van der Waals surface area contributed by atoms with Crippen molar-refractivity contribution >= 4 is 33.5 Å². The molecule has 2 N–H and O–H groups in total. The molecule has 0 fully saturated rings. The Balaban J connectivity index is 1.28. The van der Waals surface area contributed by atoms with Crippen molar-refractivity contribution in [3.63, 3.8) is 0 Å². The van der Waals surface area contributed by atoms with Gasteiger partial charge >= 0.3 is 5.97 Å². The first kappa shape index (κ1) is 29.5. The van der Waals surface area contributed by atoms with Gasteiger partial charge in [-0.3, -0.25) is 9.59 Å². The average molecular weight is 696 g/mol. The summed E-state index contributed by atoms with van der Waals surface area (Å²) in [5.74, 6) is 0.209. The molecule has 0 saturated heterocycles. The number of ether oxygens (including phenoxy) is 2. The maximum atomic E-state index is 14.0. The summed E-state index contributed by atoms with van der Waals surface area (Å²) in [6.45, 7) is 4.10. The molecule has 5 heterocycles. The molecular weight excluding hydrogens is 664 g/mol. The zero-order chi connectivity index (χ0) is 32.3. The van der Waals surface area contributed by atoms with E-state index in [2.05, 4.69) is 37.6 Å². The van der Waals surface area contributed by atoms with Crippen LogP contribution in [-0.4, -0.2) is 28.1 Å². The van der Waals surface area contributed by atoms with Crippen LogP contribution in [0.15, 0.2) is 92.5 Å². The number of para-hydroxylation sites is 1. The lowest BCUT2D eigenvalue weighted by Gasteiger charge is -2.28. The van der Waals surface area contributed by atoms with E-state index in [0.29, 0.717) is 35.4 Å². The number of hydrogen-bond donors (Lipinski definition) is 2. The van der Waals surface area contributed by atoms with Crippen molar-refractivity contribution in [1.82, 2.24) is 15.3 Å². The second-order valence-electron chi connectivity index (χ2n) is 12.5. The fourth-order valence-electron chi connectivity index (χ4n) is 6.94. The van der Waals surface area contributed by atoms with Gasteiger partial charge in [-0.25, -0.2) is 9.97 Å². The van der Waals surface area contributed by atoms with Gasteiger partial charge in [0.1, 0.15) is 30.1 Å². The van der Waals surface area contributed by atoms with Gasteiger partial charge in [0.05, 0.1) is 24.2 Å². The van der Waals surface area contributed by atoms with E-state index < -0.39 is 29.6 Å². The van der Waals surface area contributed by atoms with E-state index in [9.17, 15) is 9.59 Å². The van der Waals surface area contributed by atoms with Gasteiger partial charge in [0, 0.05) is 15.6 Å². The predicted octanol–water partition coefficient (Wildman–Crippen LogP) is 6.69. The normalized spacial score (nSPS) is 22.3. The zero-order valence-electron chi connectivity index (χ0n) is 25.7. The highest BCUT2D eigenvalue weighted by atomic mass is 79.9. The van der Waals surface area contributed by atoms with Crippen LogP contribution in [0.25, 0.3) is 11.6 Å². The van der Waals surface area contributed by atoms with Gasteiger partial charge in [-0.15, -0.1) is 0 Å². The molecule has 3 aliphatic rings. The van der Waals surface area contributed by atoms with Crippen LogP contribution in [0, 0.1) is 11.8 Å². The second-order valence-corrected chi connectivity index (χ2v) is 13.3. The summed E-state index contributed by atoms with van der Waals surface area (Å²) >= 11 is 3.72. The number of halogens is 1. The number of anilines is 1. The number of hydrogen-bond acceptors (Lipinski definition) is 9. The Morgan fingerprint density at radius 2 is 1.94 bits per heavy atom. The van der Waals surface area contributed by atoms with Crippen LogP contribution in [0.3, 0.4) is 0 Å². The number of carbonyl (C=O) groups is 2. The van der Waals surface area contributed by atoms with Gasteiger partial charge in [0.25, 0.3) is 0 Å². The second kappa shape index (κ2) is 11.4. The first-order chi connectivity index (χ1) is 22.8. The number of carbonyl (C=O) groups excluding carboxylic acids is 2. The maximum Gasteiger partial charge on any atom is 0.306 e. The zero-order valence-corrected chi connectivity index (χ0v) is 27.2. The minimum Gasteiger partial charge on any atom is -0.469 e. The number of oxazole rings is 2. The first-order valence-electron chi connectivity index (χ1n) is 15.6. The molecule has 0 radical (unpaired) electrons. The van der Waals surface area contributed by atoms with Crippen molar-refractivity contribution in [2.24, 2.45) is 11.8 Å². The Morgan fingerprint density at radius 3 is 2.72 bits per heavy atom. The van der Waals surface area contributed by atoms with Gasteiger partial charge < -0.3 is 28.9 Å². The van der Waals surface area contributed by atoms with Crippen molar-refractivity contribution in [2.45, 2.75) is 51.0 Å². The SMILES string of the molecule is CC(C)[C@@H]1NC(=O)[C@@H](CC(=O)OCc2ccccc2)Cc2ccc3c(c2)C2(c4cccc(Br)c4N[C@H]2O3)c2oc1nc2-c1ncco1. The number of aromatic nitrogens is 2. The van der Waals surface area contributed by atoms with Crippen molar-refractivity contribution in [1.29, 1.82) is 0 Å². The summed E-state index contributed by atoms with van der Waals surface area (Å²) in [5, 5.41) is 6.74. The molecule has 1 spiro atoms. The van der Waals surface area contributed by atoms with Crippen LogP contribution in [0.1, 0.15) is 60.2 Å². The molecule has 4 bridgehead atoms. The number of fused-ring (bicyclic) bond motifs is 4. The van der Waals surface area contributed by atoms with Crippen molar-refractivity contribution in [3.8, 4) is 17.3 Å². The quantitative estimate of drug-likeness (QED) is 0.187. The fraction of sp³-hybridized carbons (Fsp3) is 0.278. The van der Waals surface area contributed by atoms with E-state index in [1.807, 2.05) is 74.5 Å². The Labute approximate surface area is 279 Å². The lowest BCUT2D eigenvalue weighted by Crippen LogP contribution is -2.40. The van der Waals surface area contributed by atoms with Gasteiger partial charge in [-0.2, -0.15) is 0 Å². The molecule has 0 saturated carbocycles. The van der Waals surface area contributed by atoms with Gasteiger partial charge in [-0.05, 0) is 51.5 Å². The number of nitrogens with zero attached hydrogens (tertiary/aromatic N) is 2. The predicted molar refractivity (Wildman–Crippen MR) is 174 cm³/mol. The minimum atomic E-state index is -0.978. The lowest BCUT2D eigenvalue weighted by molar-refractivity contribution is -0.148. The van der Waals surface area contributed by atoms with Crippen molar-refractivity contribution < 1.29 is 27.9 Å². The Bertz CT molecular complexity index is 1990. The van der Waals surface area contributed by atoms with Crippen LogP contribution in [0.4, 0.5) is 5.69 Å². The Morgan fingerprint density at radius 1 is 1.09 bits per heavy atom. The van der Waals surface area contributed by atoms with Gasteiger partial charge in [0.2, 0.25) is 17.7 Å². The Kier molecular flexibility index (Phi) is 7.16. The standard InChI is InChI=1S/C36H31BrN4O6/c1-19(2)28-34-40-30(33-38-13-14-44-33)31(47-34)36-23-9-6-10-25(37)29(23)41-35(36)46-26-12-11-21(16-24(26)36)15-22(32(43)39-28)17-27(42)45-18-20-7-4-3-5-8-20/h3-14,16,19,22,28,35,41H,15,17-18H2,1-2H3,(H,39,43)/t22-,28+,35+,36?/m1/s1. The molecule has 1 amide bonds. The summed E-state index contributed by atoms with van der Waals surface area (Å²) in [6, 6.07) is 20.8. The molecule has 0 aliphatic carbocycles. The van der Waals surface area contributed by atoms with Gasteiger partial charge in [0.15, 0.2) is 17.7 Å². The highest BCUT2D eigenvalue weighted by Crippen LogP contribution is 2.60. The largest absolute Gasteiger partial charge is 0.469 e. The highest BCUT2D eigenvalue weighted by molar-refractivity contribution is 9.10. The molecule has 11 heteroatoms. The molecule has 1 unspecified atom stereocenters. The summed E-state index contributed by atoms with van der Waals surface area (Å²) in [5.41, 5.74) is 3.86. The number of amides is 1. The topological polar surface area (TPSA) is 129 Å². The van der Waals surface area contributed by atoms with Crippen molar-refractivity contribution in [3.05, 3.63) is 118 Å². The summed E-state index contributed by atoms with van der Waals surface area (Å²) in [4.78, 5) is 36.6. The smallest absolute Gasteiger partial charge is 0.306 e. The van der Waals surface area contributed by atoms with Crippen LogP contribution in [-0.2, 0) is 32.8 Å². The minimum absolute atomic E-state index is 0.0967. The summed E-state index contributed by atoms with van der Waals surface area (Å²) < 4.78 is 25.7. The lowest BCUT2D eigenvalue weighted by atomic mass is 9.72. The average Bonchev–Trinajstić information content (AvgIpc) is 3.85. The van der Waals surface area contributed by atoms with E-state index in [4.69, 9.17) is 23.3 Å². The summed E-state index contributed by atoms with van der Waals surface area (Å²) in [6.07, 6.45) is 2.70. The van der Waals surface area contributed by atoms with Crippen molar-refractivity contribution in [2.75, 3.05) is 5.32 Å². The first-order valence-corrected chi connectivity index (χ1v) is 16.4. The highest BCUT2D eigenvalue weighted by Gasteiger charge is 2.61. The maximum absolute atomic E-state index is 14.0. The third kappa shape index (κ3) is 4.83. The van der Waals surface area contributed by atoms with E-state index in [1.165, 1.54) is 6.26 Å². The fourth-order valence-corrected chi connectivity index (χ4v) is 7.42.